The molecule has 100 valence electrons. The van der Waals surface area contributed by atoms with E-state index >= 15 is 0 Å². The fourth-order valence-corrected chi connectivity index (χ4v) is 3.40. The molecule has 1 aliphatic carbocycles. The molecule has 0 radical (unpaired) electrons. The number of aryl methyl sites for hydroxylation is 1. The van der Waals surface area contributed by atoms with Crippen LogP contribution in [0.5, 0.6) is 0 Å². The number of nitrogens with one attached hydrogen (secondary N) is 1. The zero-order chi connectivity index (χ0) is 13.0. The van der Waals surface area contributed by atoms with E-state index in [-0.39, 0.29) is 12.0 Å². The van der Waals surface area contributed by atoms with Crippen molar-refractivity contribution in [2.45, 2.75) is 45.1 Å². The van der Waals surface area contributed by atoms with E-state index in [1.54, 1.807) is 11.3 Å². The fourth-order valence-electron chi connectivity index (χ4n) is 2.51. The van der Waals surface area contributed by atoms with Crippen molar-refractivity contribution in [2.75, 3.05) is 6.54 Å². The Bertz CT molecular complexity index is 402. The molecule has 3 nitrogen and oxygen atoms in total. The van der Waals surface area contributed by atoms with Crippen molar-refractivity contribution in [3.63, 3.8) is 0 Å². The number of aliphatic hydroxyl groups is 1. The molecule has 0 aliphatic heterocycles. The topological polar surface area (TPSA) is 49.3 Å². The smallest absolute Gasteiger partial charge is 0.225 e. The quantitative estimate of drug-likeness (QED) is 0.879. The van der Waals surface area contributed by atoms with Crippen LogP contribution in [0.3, 0.4) is 0 Å². The van der Waals surface area contributed by atoms with Crippen LogP contribution in [0.4, 0.5) is 0 Å². The second kappa shape index (κ2) is 6.34. The summed E-state index contributed by atoms with van der Waals surface area (Å²) >= 11 is 1.68. The average molecular weight is 267 g/mol. The Hall–Kier alpha value is -0.870. The summed E-state index contributed by atoms with van der Waals surface area (Å²) in [6.45, 7) is 2.76. The van der Waals surface area contributed by atoms with Crippen LogP contribution in [-0.4, -0.2) is 23.7 Å². The van der Waals surface area contributed by atoms with Gasteiger partial charge in [0.2, 0.25) is 5.91 Å². The van der Waals surface area contributed by atoms with Crippen LogP contribution in [0.2, 0.25) is 0 Å². The Kier molecular flexibility index (Phi) is 4.78. The molecule has 1 fully saturated rings. The van der Waals surface area contributed by atoms with Gasteiger partial charge in [-0.15, -0.1) is 11.3 Å². The summed E-state index contributed by atoms with van der Waals surface area (Å²) in [4.78, 5) is 14.1. The molecule has 0 aromatic carbocycles. The molecule has 1 aliphatic rings. The zero-order valence-corrected chi connectivity index (χ0v) is 11.6. The molecule has 2 rings (SSSR count). The minimum Gasteiger partial charge on any atom is -0.393 e. The first-order valence-electron chi connectivity index (χ1n) is 6.63. The lowest BCUT2D eigenvalue weighted by Gasteiger charge is -2.25. The summed E-state index contributed by atoms with van der Waals surface area (Å²) < 4.78 is 0. The molecular formula is C14H21NO2S. The van der Waals surface area contributed by atoms with Crippen LogP contribution < -0.4 is 5.32 Å². The normalized spacial score (nSPS) is 23.9. The van der Waals surface area contributed by atoms with Crippen molar-refractivity contribution >= 4 is 17.2 Å². The number of rotatable bonds is 4. The molecule has 0 saturated heterocycles. The predicted octanol–water partition coefficient (Wildman–Crippen LogP) is 2.27. The van der Waals surface area contributed by atoms with E-state index in [2.05, 4.69) is 12.2 Å². The van der Waals surface area contributed by atoms with E-state index in [0.29, 0.717) is 18.9 Å². The van der Waals surface area contributed by atoms with Gasteiger partial charge < -0.3 is 10.4 Å². The van der Waals surface area contributed by atoms with Gasteiger partial charge in [0.1, 0.15) is 0 Å². The highest BCUT2D eigenvalue weighted by Crippen LogP contribution is 2.23. The van der Waals surface area contributed by atoms with Gasteiger partial charge in [0.05, 0.1) is 12.5 Å². The molecule has 1 amide bonds. The molecule has 0 bridgehead atoms. The summed E-state index contributed by atoms with van der Waals surface area (Å²) in [5.74, 6) is 0.541. The van der Waals surface area contributed by atoms with Crippen molar-refractivity contribution in [3.05, 3.63) is 21.9 Å². The first-order chi connectivity index (χ1) is 8.63. The standard InChI is InChI=1S/C14H21NO2S/c1-10-5-6-13(18-10)8-14(17)15-9-11-3-2-4-12(16)7-11/h5-6,11-12,16H,2-4,7-9H2,1H3,(H,15,17). The minimum absolute atomic E-state index is 0.0944. The number of hydrogen-bond donors (Lipinski definition) is 2. The Morgan fingerprint density at radius 3 is 3.00 bits per heavy atom. The molecule has 18 heavy (non-hydrogen) atoms. The Labute approximate surface area is 112 Å². The van der Waals surface area contributed by atoms with Crippen molar-refractivity contribution in [1.82, 2.24) is 5.32 Å². The molecule has 2 unspecified atom stereocenters. The predicted molar refractivity (Wildman–Crippen MR) is 73.7 cm³/mol. The van der Waals surface area contributed by atoms with Crippen LogP contribution in [0, 0.1) is 12.8 Å². The number of hydrogen-bond acceptors (Lipinski definition) is 3. The van der Waals surface area contributed by atoms with Gasteiger partial charge in [0.15, 0.2) is 0 Å². The van der Waals surface area contributed by atoms with Crippen LogP contribution in [0.25, 0.3) is 0 Å². The lowest BCUT2D eigenvalue weighted by atomic mass is 9.87. The zero-order valence-electron chi connectivity index (χ0n) is 10.8. The maximum absolute atomic E-state index is 11.8. The van der Waals surface area contributed by atoms with Crippen molar-refractivity contribution in [3.8, 4) is 0 Å². The number of carbonyl (C=O) groups excluding carboxylic acids is 1. The fraction of sp³-hybridized carbons (Fsp3) is 0.643. The Morgan fingerprint density at radius 1 is 1.50 bits per heavy atom. The summed E-state index contributed by atoms with van der Waals surface area (Å²) in [5, 5.41) is 12.6. The van der Waals surface area contributed by atoms with Gasteiger partial charge >= 0.3 is 0 Å². The van der Waals surface area contributed by atoms with Crippen LogP contribution in [0.15, 0.2) is 12.1 Å². The summed E-state index contributed by atoms with van der Waals surface area (Å²) in [5.41, 5.74) is 0. The average Bonchev–Trinajstić information content (AvgIpc) is 2.72. The van der Waals surface area contributed by atoms with Gasteiger partial charge in [-0.3, -0.25) is 4.79 Å². The third-order valence-corrected chi connectivity index (χ3v) is 4.47. The van der Waals surface area contributed by atoms with Gasteiger partial charge in [0.25, 0.3) is 0 Å². The maximum Gasteiger partial charge on any atom is 0.225 e. The maximum atomic E-state index is 11.8. The van der Waals surface area contributed by atoms with Crippen molar-refractivity contribution in [2.24, 2.45) is 5.92 Å². The highest BCUT2D eigenvalue weighted by molar-refractivity contribution is 7.12. The van der Waals surface area contributed by atoms with Gasteiger partial charge in [-0.25, -0.2) is 0 Å². The summed E-state index contributed by atoms with van der Waals surface area (Å²) in [6, 6.07) is 4.06. The van der Waals surface area contributed by atoms with E-state index in [4.69, 9.17) is 0 Å². The second-order valence-electron chi connectivity index (χ2n) is 5.18. The first-order valence-corrected chi connectivity index (χ1v) is 7.45. The second-order valence-corrected chi connectivity index (χ2v) is 6.55. The van der Waals surface area contributed by atoms with E-state index < -0.39 is 0 Å². The lowest BCUT2D eigenvalue weighted by Crippen LogP contribution is -2.33. The van der Waals surface area contributed by atoms with E-state index in [9.17, 15) is 9.90 Å². The lowest BCUT2D eigenvalue weighted by molar-refractivity contribution is -0.120. The van der Waals surface area contributed by atoms with E-state index in [0.717, 1.165) is 30.6 Å². The van der Waals surface area contributed by atoms with Gasteiger partial charge in [-0.05, 0) is 44.2 Å². The number of amides is 1. The SMILES string of the molecule is Cc1ccc(CC(=O)NCC2CCCC(O)C2)s1. The highest BCUT2D eigenvalue weighted by Gasteiger charge is 2.20. The minimum atomic E-state index is -0.166. The van der Waals surface area contributed by atoms with Crippen LogP contribution >= 0.6 is 11.3 Å². The molecule has 2 atom stereocenters. The third kappa shape index (κ3) is 4.10. The van der Waals surface area contributed by atoms with E-state index in [1.807, 2.05) is 12.1 Å². The molecule has 1 aromatic heterocycles. The number of carbonyl (C=O) groups is 1. The molecule has 1 aromatic rings. The highest BCUT2D eigenvalue weighted by atomic mass is 32.1. The Balaban J connectivity index is 1.71. The van der Waals surface area contributed by atoms with Gasteiger partial charge in [-0.2, -0.15) is 0 Å². The third-order valence-electron chi connectivity index (χ3n) is 3.47. The number of aliphatic hydroxyl groups excluding tert-OH is 1. The largest absolute Gasteiger partial charge is 0.393 e. The molecule has 2 N–H and O–H groups in total. The molecule has 0 spiro atoms. The molecular weight excluding hydrogens is 246 g/mol. The van der Waals surface area contributed by atoms with Crippen LogP contribution in [0.1, 0.15) is 35.4 Å². The summed E-state index contributed by atoms with van der Waals surface area (Å²) in [7, 11) is 0. The van der Waals surface area contributed by atoms with Gasteiger partial charge in [-0.1, -0.05) is 6.42 Å². The van der Waals surface area contributed by atoms with Crippen molar-refractivity contribution in [1.29, 1.82) is 0 Å². The monoisotopic (exact) mass is 267 g/mol. The van der Waals surface area contributed by atoms with Crippen LogP contribution in [-0.2, 0) is 11.2 Å². The van der Waals surface area contributed by atoms with Gasteiger partial charge in [0, 0.05) is 16.3 Å². The molecule has 1 saturated carbocycles. The molecule has 1 heterocycles. The Morgan fingerprint density at radius 2 is 2.33 bits per heavy atom. The molecule has 4 heteroatoms. The summed E-state index contributed by atoms with van der Waals surface area (Å²) in [6.07, 6.45) is 4.26. The first kappa shape index (κ1) is 13.6. The van der Waals surface area contributed by atoms with E-state index in [1.165, 1.54) is 4.88 Å². The van der Waals surface area contributed by atoms with Crippen molar-refractivity contribution < 1.29 is 9.90 Å². The number of thiophene rings is 1.